The van der Waals surface area contributed by atoms with Gasteiger partial charge in [-0.3, -0.25) is 4.99 Å². The second-order valence-electron chi connectivity index (χ2n) is 2.22. The van der Waals surface area contributed by atoms with Gasteiger partial charge in [0.05, 0.1) is 0 Å². The van der Waals surface area contributed by atoms with Crippen LogP contribution in [0.3, 0.4) is 0 Å². The van der Waals surface area contributed by atoms with Crippen LogP contribution in [-0.2, 0) is 0 Å². The summed E-state index contributed by atoms with van der Waals surface area (Å²) in [5.41, 5.74) is 3.18. The van der Waals surface area contributed by atoms with Crippen LogP contribution in [0.15, 0.2) is 29.3 Å². The third-order valence-corrected chi connectivity index (χ3v) is 1.48. The Bertz CT molecular complexity index is 284. The van der Waals surface area contributed by atoms with Crippen LogP contribution < -0.4 is 11.3 Å². The molecule has 0 fully saturated rings. The lowest BCUT2D eigenvalue weighted by molar-refractivity contribution is 0.627. The van der Waals surface area contributed by atoms with Gasteiger partial charge in [0.15, 0.2) is 0 Å². The van der Waals surface area contributed by atoms with Gasteiger partial charge in [-0.2, -0.15) is 0 Å². The van der Waals surface area contributed by atoms with Crippen LogP contribution in [-0.4, -0.2) is 12.9 Å². The van der Waals surface area contributed by atoms with Gasteiger partial charge in [0.2, 0.25) is 0 Å². The van der Waals surface area contributed by atoms with Gasteiger partial charge in [-0.15, -0.1) is 24.0 Å². The Morgan fingerprint density at radius 2 is 1.92 bits per heavy atom. The molecular formula is C8H11FIN3. The van der Waals surface area contributed by atoms with Crippen molar-refractivity contribution < 1.29 is 4.39 Å². The number of rotatable bonds is 1. The van der Waals surface area contributed by atoms with Gasteiger partial charge in [0, 0.05) is 12.6 Å². The molecule has 0 aromatic heterocycles. The van der Waals surface area contributed by atoms with E-state index in [4.69, 9.17) is 5.84 Å². The summed E-state index contributed by atoms with van der Waals surface area (Å²) in [6.45, 7) is 0. The van der Waals surface area contributed by atoms with Crippen LogP contribution in [0.25, 0.3) is 0 Å². The summed E-state index contributed by atoms with van der Waals surface area (Å²) >= 11 is 0. The highest BCUT2D eigenvalue weighted by Gasteiger charge is 1.98. The fraction of sp³-hybridized carbons (Fsp3) is 0.125. The van der Waals surface area contributed by atoms with Crippen LogP contribution in [0, 0.1) is 5.82 Å². The molecule has 0 aliphatic carbocycles. The molecule has 0 atom stereocenters. The quantitative estimate of drug-likeness (QED) is 0.270. The first-order valence-corrected chi connectivity index (χ1v) is 3.47. The molecule has 1 aromatic carbocycles. The molecule has 0 spiro atoms. The predicted octanol–water partition coefficient (Wildman–Crippen LogP) is 1.28. The first-order valence-electron chi connectivity index (χ1n) is 3.47. The maximum absolute atomic E-state index is 12.5. The Balaban J connectivity index is 0.00000144. The van der Waals surface area contributed by atoms with E-state index in [9.17, 15) is 4.39 Å². The van der Waals surface area contributed by atoms with Crippen molar-refractivity contribution in [1.82, 2.24) is 5.43 Å². The molecule has 3 nitrogen and oxygen atoms in total. The molecule has 0 saturated carbocycles. The van der Waals surface area contributed by atoms with Crippen molar-refractivity contribution in [2.75, 3.05) is 7.05 Å². The van der Waals surface area contributed by atoms with Crippen molar-refractivity contribution in [3.8, 4) is 0 Å². The Kier molecular flexibility index (Phi) is 5.56. The van der Waals surface area contributed by atoms with Gasteiger partial charge in [-0.05, 0) is 24.3 Å². The third kappa shape index (κ3) is 3.27. The van der Waals surface area contributed by atoms with E-state index in [-0.39, 0.29) is 29.8 Å². The summed E-state index contributed by atoms with van der Waals surface area (Å²) in [6, 6.07) is 5.94. The van der Waals surface area contributed by atoms with Gasteiger partial charge in [-0.25, -0.2) is 10.2 Å². The van der Waals surface area contributed by atoms with E-state index in [1.807, 2.05) is 0 Å². The van der Waals surface area contributed by atoms with E-state index in [0.717, 1.165) is 5.56 Å². The van der Waals surface area contributed by atoms with Crippen molar-refractivity contribution >= 4 is 29.8 Å². The zero-order valence-electron chi connectivity index (χ0n) is 7.12. The van der Waals surface area contributed by atoms with E-state index < -0.39 is 0 Å². The minimum absolute atomic E-state index is 0. The van der Waals surface area contributed by atoms with Gasteiger partial charge in [0.1, 0.15) is 11.7 Å². The predicted molar refractivity (Wildman–Crippen MR) is 61.6 cm³/mol. The molecule has 1 aromatic rings. The topological polar surface area (TPSA) is 50.4 Å². The fourth-order valence-corrected chi connectivity index (χ4v) is 0.885. The number of aliphatic imine (C=N–C) groups is 1. The number of nitrogens with two attached hydrogens (primary N) is 1. The summed E-state index contributed by atoms with van der Waals surface area (Å²) < 4.78 is 12.5. The third-order valence-electron chi connectivity index (χ3n) is 1.48. The van der Waals surface area contributed by atoms with Gasteiger partial charge < -0.3 is 5.43 Å². The van der Waals surface area contributed by atoms with E-state index in [0.29, 0.717) is 5.84 Å². The Morgan fingerprint density at radius 1 is 1.38 bits per heavy atom. The minimum Gasteiger partial charge on any atom is -0.308 e. The van der Waals surface area contributed by atoms with E-state index >= 15 is 0 Å². The second-order valence-corrected chi connectivity index (χ2v) is 2.22. The minimum atomic E-state index is -0.272. The molecule has 0 aliphatic rings. The van der Waals surface area contributed by atoms with E-state index in [2.05, 4.69) is 10.4 Å². The molecule has 0 amide bonds. The number of hydrogen-bond donors (Lipinski definition) is 2. The van der Waals surface area contributed by atoms with Crippen molar-refractivity contribution in [3.05, 3.63) is 35.6 Å². The van der Waals surface area contributed by atoms with E-state index in [1.54, 1.807) is 19.2 Å². The zero-order valence-corrected chi connectivity index (χ0v) is 9.45. The highest BCUT2D eigenvalue weighted by Crippen LogP contribution is 2.02. The van der Waals surface area contributed by atoms with Crippen LogP contribution in [0.5, 0.6) is 0 Å². The monoisotopic (exact) mass is 295 g/mol. The average Bonchev–Trinajstić information content (AvgIpc) is 2.10. The summed E-state index contributed by atoms with van der Waals surface area (Å²) in [7, 11) is 1.61. The van der Waals surface area contributed by atoms with Crippen molar-refractivity contribution in [1.29, 1.82) is 0 Å². The molecular weight excluding hydrogens is 284 g/mol. The highest BCUT2D eigenvalue weighted by molar-refractivity contribution is 14.0. The summed E-state index contributed by atoms with van der Waals surface area (Å²) in [5, 5.41) is 0. The Hall–Kier alpha value is -0.690. The molecule has 72 valence electrons. The molecule has 0 unspecified atom stereocenters. The second kappa shape index (κ2) is 5.87. The van der Waals surface area contributed by atoms with Gasteiger partial charge in [-0.1, -0.05) is 0 Å². The summed E-state index contributed by atoms with van der Waals surface area (Å²) in [6.07, 6.45) is 0. The average molecular weight is 295 g/mol. The number of hydrogen-bond acceptors (Lipinski definition) is 2. The van der Waals surface area contributed by atoms with Crippen LogP contribution in [0.1, 0.15) is 5.56 Å². The number of nitrogens with zero attached hydrogens (tertiary/aromatic N) is 1. The first-order chi connectivity index (χ1) is 5.77. The molecule has 0 heterocycles. The highest BCUT2D eigenvalue weighted by atomic mass is 127. The number of benzene rings is 1. The maximum atomic E-state index is 12.5. The molecule has 0 bridgehead atoms. The lowest BCUT2D eigenvalue weighted by atomic mass is 10.2. The normalized spacial score (nSPS) is 10.5. The molecule has 3 N–H and O–H groups in total. The lowest BCUT2D eigenvalue weighted by Crippen LogP contribution is -2.30. The largest absolute Gasteiger partial charge is 0.308 e. The Labute approximate surface area is 93.2 Å². The molecule has 5 heteroatoms. The van der Waals surface area contributed by atoms with Crippen LogP contribution in [0.4, 0.5) is 4.39 Å². The summed E-state index contributed by atoms with van der Waals surface area (Å²) in [4.78, 5) is 3.86. The molecule has 13 heavy (non-hydrogen) atoms. The zero-order chi connectivity index (χ0) is 8.97. The maximum Gasteiger partial charge on any atom is 0.142 e. The molecule has 0 radical (unpaired) electrons. The molecule has 1 rings (SSSR count). The van der Waals surface area contributed by atoms with Crippen LogP contribution >= 0.6 is 24.0 Å². The smallest absolute Gasteiger partial charge is 0.142 e. The molecule has 0 saturated heterocycles. The van der Waals surface area contributed by atoms with Crippen LogP contribution in [0.2, 0.25) is 0 Å². The van der Waals surface area contributed by atoms with Gasteiger partial charge in [0.25, 0.3) is 0 Å². The first kappa shape index (κ1) is 12.3. The standard InChI is InChI=1S/C8H10FN3.HI/c1-11-8(12-10)6-2-4-7(9)5-3-6;/h2-5H,10H2,1H3,(H,11,12);1H. The lowest BCUT2D eigenvalue weighted by Gasteiger charge is -2.03. The fourth-order valence-electron chi connectivity index (χ4n) is 0.885. The van der Waals surface area contributed by atoms with E-state index in [1.165, 1.54) is 12.1 Å². The molecule has 0 aliphatic heterocycles. The summed E-state index contributed by atoms with van der Waals surface area (Å²) in [5.74, 6) is 5.44. The number of amidine groups is 1. The van der Waals surface area contributed by atoms with Crippen molar-refractivity contribution in [2.24, 2.45) is 10.8 Å². The van der Waals surface area contributed by atoms with Crippen molar-refractivity contribution in [2.45, 2.75) is 0 Å². The van der Waals surface area contributed by atoms with Gasteiger partial charge >= 0.3 is 0 Å². The van der Waals surface area contributed by atoms with Crippen molar-refractivity contribution in [3.63, 3.8) is 0 Å². The Morgan fingerprint density at radius 3 is 2.31 bits per heavy atom. The number of nitrogens with one attached hydrogen (secondary N) is 1. The number of hydrazine groups is 1. The number of halogens is 2. The SMILES string of the molecule is CN=C(NN)c1ccc(F)cc1.I.